The third-order valence-corrected chi connectivity index (χ3v) is 4.17. The molecule has 3 atom stereocenters. The zero-order valence-electron chi connectivity index (χ0n) is 15.2. The maximum Gasteiger partial charge on any atom is 0.255 e. The van der Waals surface area contributed by atoms with Gasteiger partial charge in [0, 0.05) is 6.07 Å². The number of hydrogen-bond donors (Lipinski definition) is 3. The van der Waals surface area contributed by atoms with Gasteiger partial charge in [0.25, 0.3) is 5.91 Å². The van der Waals surface area contributed by atoms with E-state index in [2.05, 4.69) is 5.32 Å². The number of ether oxygens (including phenoxy) is 2. The van der Waals surface area contributed by atoms with E-state index in [0.29, 0.717) is 11.5 Å². The Labute approximate surface area is 157 Å². The summed E-state index contributed by atoms with van der Waals surface area (Å²) in [6.45, 7) is 0. The lowest BCUT2D eigenvalue weighted by molar-refractivity contribution is -0.121. The van der Waals surface area contributed by atoms with Gasteiger partial charge in [0.05, 0.1) is 25.8 Å². The number of methoxy groups -OCH3 is 2. The van der Waals surface area contributed by atoms with Gasteiger partial charge in [-0.3, -0.25) is 4.79 Å². The molecule has 0 unspecified atom stereocenters. The molecule has 0 aliphatic rings. The Morgan fingerprint density at radius 2 is 1.81 bits per heavy atom. The van der Waals surface area contributed by atoms with E-state index in [1.807, 2.05) is 30.3 Å². The first-order valence-corrected chi connectivity index (χ1v) is 8.38. The molecule has 2 aromatic rings. The number of amides is 1. The predicted octanol–water partition coefficient (Wildman–Crippen LogP) is 0.966. The van der Waals surface area contributed by atoms with E-state index in [-0.39, 0.29) is 18.3 Å². The Kier molecular flexibility index (Phi) is 7.34. The van der Waals surface area contributed by atoms with E-state index in [1.165, 1.54) is 20.3 Å². The molecule has 0 fully saturated rings. The average molecular weight is 373 g/mol. The Balaban J connectivity index is 2.25. The van der Waals surface area contributed by atoms with Gasteiger partial charge in [0.15, 0.2) is 6.29 Å². The fraction of sp³-hybridized carbons (Fsp3) is 0.300. The largest absolute Gasteiger partial charge is 0.497 e. The zero-order valence-corrected chi connectivity index (χ0v) is 15.2. The van der Waals surface area contributed by atoms with Gasteiger partial charge in [-0.15, -0.1) is 0 Å². The van der Waals surface area contributed by atoms with Crippen LogP contribution in [0.2, 0.25) is 0 Å². The minimum Gasteiger partial charge on any atom is -0.497 e. The second kappa shape index (κ2) is 9.70. The Hall–Kier alpha value is -2.90. The third-order valence-electron chi connectivity index (χ3n) is 4.17. The van der Waals surface area contributed by atoms with Crippen LogP contribution in [0.5, 0.6) is 11.5 Å². The highest BCUT2D eigenvalue weighted by molar-refractivity contribution is 5.97. The summed E-state index contributed by atoms with van der Waals surface area (Å²) in [4.78, 5) is 23.6. The summed E-state index contributed by atoms with van der Waals surface area (Å²) in [6, 6.07) is 13.0. The van der Waals surface area contributed by atoms with Crippen molar-refractivity contribution in [1.29, 1.82) is 0 Å². The van der Waals surface area contributed by atoms with Gasteiger partial charge in [-0.05, 0) is 24.1 Å². The van der Waals surface area contributed by atoms with E-state index in [9.17, 15) is 19.8 Å². The molecule has 7 nitrogen and oxygen atoms in total. The molecule has 2 aromatic carbocycles. The molecule has 0 radical (unpaired) electrons. The minimum atomic E-state index is -1.61. The van der Waals surface area contributed by atoms with Crippen molar-refractivity contribution >= 4 is 12.2 Å². The highest BCUT2D eigenvalue weighted by Gasteiger charge is 2.29. The molecule has 27 heavy (non-hydrogen) atoms. The minimum absolute atomic E-state index is 0.233. The normalized spacial score (nSPS) is 13.9. The Morgan fingerprint density at radius 3 is 2.41 bits per heavy atom. The van der Waals surface area contributed by atoms with Crippen molar-refractivity contribution in [1.82, 2.24) is 5.32 Å². The molecule has 0 spiro atoms. The first-order valence-electron chi connectivity index (χ1n) is 8.38. The quantitative estimate of drug-likeness (QED) is 0.566. The second-order valence-corrected chi connectivity index (χ2v) is 5.95. The number of aldehydes is 1. The van der Waals surface area contributed by atoms with Crippen molar-refractivity contribution in [2.24, 2.45) is 0 Å². The van der Waals surface area contributed by atoms with Crippen LogP contribution < -0.4 is 14.8 Å². The number of aliphatic hydroxyl groups excluding tert-OH is 2. The summed E-state index contributed by atoms with van der Waals surface area (Å²) in [6.07, 6.45) is -2.60. The van der Waals surface area contributed by atoms with Gasteiger partial charge in [-0.25, -0.2) is 0 Å². The van der Waals surface area contributed by atoms with Crippen molar-refractivity contribution in [3.05, 3.63) is 59.7 Å². The van der Waals surface area contributed by atoms with Gasteiger partial charge < -0.3 is 29.8 Å². The Bertz CT molecular complexity index is 764. The summed E-state index contributed by atoms with van der Waals surface area (Å²) in [5.41, 5.74) is 1.07. The van der Waals surface area contributed by atoms with Crippen LogP contribution in [-0.2, 0) is 11.2 Å². The molecule has 3 N–H and O–H groups in total. The molecule has 0 saturated heterocycles. The highest BCUT2D eigenvalue weighted by Crippen LogP contribution is 2.24. The maximum absolute atomic E-state index is 12.7. The van der Waals surface area contributed by atoms with Crippen molar-refractivity contribution < 1.29 is 29.3 Å². The van der Waals surface area contributed by atoms with Gasteiger partial charge >= 0.3 is 0 Å². The SMILES string of the molecule is COc1ccc(C(=O)N[C@@H](Cc2ccccc2)[C@@H](O)[C@H](O)C=O)c(OC)c1. The molecule has 7 heteroatoms. The first-order chi connectivity index (χ1) is 13.0. The van der Waals surface area contributed by atoms with Crippen LogP contribution in [0.25, 0.3) is 0 Å². The van der Waals surface area contributed by atoms with Crippen LogP contribution >= 0.6 is 0 Å². The summed E-state index contributed by atoms with van der Waals surface area (Å²) in [5, 5.41) is 22.7. The van der Waals surface area contributed by atoms with E-state index in [1.54, 1.807) is 12.1 Å². The molecule has 0 aliphatic carbocycles. The number of benzene rings is 2. The topological polar surface area (TPSA) is 105 Å². The number of hydrogen-bond acceptors (Lipinski definition) is 6. The summed E-state index contributed by atoms with van der Waals surface area (Å²) >= 11 is 0. The molecule has 0 saturated carbocycles. The molecule has 1 amide bonds. The molecule has 144 valence electrons. The summed E-state index contributed by atoms with van der Waals surface area (Å²) in [5.74, 6) is 0.323. The molecule has 0 bridgehead atoms. The molecule has 0 aliphatic heterocycles. The number of carbonyl (C=O) groups is 2. The summed E-state index contributed by atoms with van der Waals surface area (Å²) < 4.78 is 10.3. The van der Waals surface area contributed by atoms with E-state index in [0.717, 1.165) is 5.56 Å². The van der Waals surface area contributed by atoms with Gasteiger partial charge in [-0.2, -0.15) is 0 Å². The van der Waals surface area contributed by atoms with Crippen LogP contribution in [0.15, 0.2) is 48.5 Å². The van der Waals surface area contributed by atoms with Crippen molar-refractivity contribution in [2.45, 2.75) is 24.7 Å². The number of rotatable bonds is 9. The van der Waals surface area contributed by atoms with Crippen LogP contribution in [0.1, 0.15) is 15.9 Å². The smallest absolute Gasteiger partial charge is 0.255 e. The second-order valence-electron chi connectivity index (χ2n) is 5.95. The lowest BCUT2D eigenvalue weighted by Gasteiger charge is -2.26. The van der Waals surface area contributed by atoms with Crippen LogP contribution in [-0.4, -0.2) is 54.9 Å². The van der Waals surface area contributed by atoms with E-state index >= 15 is 0 Å². The van der Waals surface area contributed by atoms with Gasteiger partial charge in [0.2, 0.25) is 0 Å². The number of nitrogens with one attached hydrogen (secondary N) is 1. The Morgan fingerprint density at radius 1 is 1.11 bits per heavy atom. The monoisotopic (exact) mass is 373 g/mol. The molecule has 2 rings (SSSR count). The first kappa shape index (κ1) is 20.4. The molecular weight excluding hydrogens is 350 g/mol. The van der Waals surface area contributed by atoms with Crippen molar-refractivity contribution in [3.8, 4) is 11.5 Å². The molecule has 0 aromatic heterocycles. The molecular formula is C20H23NO6. The van der Waals surface area contributed by atoms with Gasteiger partial charge in [0.1, 0.15) is 23.7 Å². The third kappa shape index (κ3) is 5.29. The van der Waals surface area contributed by atoms with Crippen LogP contribution in [0.3, 0.4) is 0 Å². The lowest BCUT2D eigenvalue weighted by Crippen LogP contribution is -2.50. The van der Waals surface area contributed by atoms with Crippen molar-refractivity contribution in [3.63, 3.8) is 0 Å². The fourth-order valence-corrected chi connectivity index (χ4v) is 2.68. The van der Waals surface area contributed by atoms with Crippen LogP contribution in [0.4, 0.5) is 0 Å². The van der Waals surface area contributed by atoms with E-state index in [4.69, 9.17) is 9.47 Å². The maximum atomic E-state index is 12.7. The lowest BCUT2D eigenvalue weighted by atomic mass is 9.97. The predicted molar refractivity (Wildman–Crippen MR) is 99.0 cm³/mol. The molecule has 0 heterocycles. The number of aliphatic hydroxyl groups is 2. The zero-order chi connectivity index (χ0) is 19.8. The van der Waals surface area contributed by atoms with Gasteiger partial charge in [-0.1, -0.05) is 30.3 Å². The summed E-state index contributed by atoms with van der Waals surface area (Å²) in [7, 11) is 2.93. The number of carbonyl (C=O) groups excluding carboxylic acids is 2. The fourth-order valence-electron chi connectivity index (χ4n) is 2.68. The van der Waals surface area contributed by atoms with E-state index < -0.39 is 24.2 Å². The van der Waals surface area contributed by atoms with Crippen LogP contribution in [0, 0.1) is 0 Å². The standard InChI is InChI=1S/C20H23NO6/c1-26-14-8-9-15(18(11-14)27-2)20(25)21-16(19(24)17(23)12-22)10-13-6-4-3-5-7-13/h3-9,11-12,16-17,19,23-24H,10H2,1-2H3,(H,21,25)/t16-,17+,19+/m0/s1. The highest BCUT2D eigenvalue weighted by atomic mass is 16.5. The average Bonchev–Trinajstić information content (AvgIpc) is 2.72. The van der Waals surface area contributed by atoms with Crippen molar-refractivity contribution in [2.75, 3.05) is 14.2 Å².